The summed E-state index contributed by atoms with van der Waals surface area (Å²) in [5.74, 6) is -0.0278. The zero-order chi connectivity index (χ0) is 8.69. The number of rotatable bonds is 0. The van der Waals surface area contributed by atoms with Crippen LogP contribution in [0.25, 0.3) is 0 Å². The number of carbonyl (C=O) groups is 1. The fraction of sp³-hybridized carbons (Fsp3) is 0.875. The lowest BCUT2D eigenvalue weighted by Gasteiger charge is -2.00. The topological polar surface area (TPSA) is 49.3 Å². The molecule has 0 aromatic carbocycles. The summed E-state index contributed by atoms with van der Waals surface area (Å²) in [6, 6.07) is 0. The number of aliphatic hydroxyl groups is 1. The third kappa shape index (κ3) is 4.11. The van der Waals surface area contributed by atoms with Crippen LogP contribution in [0, 0.1) is 0 Å². The Bertz CT molecular complexity index is 115. The van der Waals surface area contributed by atoms with Crippen molar-refractivity contribution in [3.8, 4) is 0 Å². The number of nitrogens with one attached hydrogen (secondary N) is 1. The lowest BCUT2D eigenvalue weighted by molar-refractivity contribution is -0.126. The van der Waals surface area contributed by atoms with Crippen molar-refractivity contribution in [1.82, 2.24) is 5.32 Å². The molecule has 0 amide bonds. The van der Waals surface area contributed by atoms with Crippen LogP contribution in [-0.2, 0) is 4.79 Å². The molecule has 1 aliphatic rings. The summed E-state index contributed by atoms with van der Waals surface area (Å²) in [7, 11) is 0. The first kappa shape index (κ1) is 10.6. The minimum atomic E-state index is -0.708. The Balaban J connectivity index is 0.000000461. The number of hydrogen-bond donors (Lipinski definition) is 2. The summed E-state index contributed by atoms with van der Waals surface area (Å²) >= 11 is 0. The van der Waals surface area contributed by atoms with Gasteiger partial charge in [0.1, 0.15) is 6.10 Å². The highest BCUT2D eigenvalue weighted by molar-refractivity contribution is 5.83. The Kier molecular flexibility index (Phi) is 6.07. The first-order valence-electron chi connectivity index (χ1n) is 4.22. The highest BCUT2D eigenvalue weighted by Crippen LogP contribution is 1.99. The van der Waals surface area contributed by atoms with E-state index in [0.717, 1.165) is 13.1 Å². The van der Waals surface area contributed by atoms with Crippen LogP contribution in [0.15, 0.2) is 0 Å². The molecule has 0 bridgehead atoms. The van der Waals surface area contributed by atoms with E-state index in [2.05, 4.69) is 5.32 Å². The molecule has 1 saturated heterocycles. The zero-order valence-electron chi connectivity index (χ0n) is 7.26. The van der Waals surface area contributed by atoms with Crippen LogP contribution >= 0.6 is 0 Å². The molecule has 1 unspecified atom stereocenters. The maximum absolute atomic E-state index is 10.7. The summed E-state index contributed by atoms with van der Waals surface area (Å²) in [6.45, 7) is 5.48. The van der Waals surface area contributed by atoms with Crippen molar-refractivity contribution >= 4 is 5.78 Å². The van der Waals surface area contributed by atoms with Gasteiger partial charge in [0.05, 0.1) is 0 Å². The van der Waals surface area contributed by atoms with Gasteiger partial charge in [0.2, 0.25) is 0 Å². The van der Waals surface area contributed by atoms with Gasteiger partial charge in [0.15, 0.2) is 5.78 Å². The van der Waals surface area contributed by atoms with Crippen LogP contribution < -0.4 is 5.32 Å². The lowest BCUT2D eigenvalue weighted by atomic mass is 10.1. The second-order valence-corrected chi connectivity index (χ2v) is 2.27. The highest BCUT2D eigenvalue weighted by Gasteiger charge is 2.16. The Labute approximate surface area is 67.8 Å². The van der Waals surface area contributed by atoms with Gasteiger partial charge in [-0.3, -0.25) is 4.79 Å². The normalized spacial score (nSPS) is 25.0. The number of carbonyl (C=O) groups excluding carboxylic acids is 1. The van der Waals surface area contributed by atoms with E-state index >= 15 is 0 Å². The molecule has 0 saturated carbocycles. The molecule has 1 atom stereocenters. The van der Waals surface area contributed by atoms with E-state index < -0.39 is 6.10 Å². The van der Waals surface area contributed by atoms with Gasteiger partial charge in [0, 0.05) is 13.0 Å². The third-order valence-corrected chi connectivity index (χ3v) is 1.51. The molecule has 66 valence electrons. The molecular formula is C8H17NO2. The van der Waals surface area contributed by atoms with E-state index in [4.69, 9.17) is 5.11 Å². The highest BCUT2D eigenvalue weighted by atomic mass is 16.3. The Morgan fingerprint density at radius 1 is 1.45 bits per heavy atom. The van der Waals surface area contributed by atoms with Crippen molar-refractivity contribution in [2.45, 2.75) is 32.8 Å². The van der Waals surface area contributed by atoms with Gasteiger partial charge in [-0.2, -0.15) is 0 Å². The molecule has 11 heavy (non-hydrogen) atoms. The van der Waals surface area contributed by atoms with Crippen LogP contribution in [-0.4, -0.2) is 30.1 Å². The first-order chi connectivity index (χ1) is 5.30. The minimum Gasteiger partial charge on any atom is -0.385 e. The Morgan fingerprint density at radius 2 is 2.09 bits per heavy atom. The molecular weight excluding hydrogens is 142 g/mol. The number of Topliss-reactive ketones (excluding diaryl/α,β-unsaturated/α-hetero) is 1. The molecule has 3 heteroatoms. The molecule has 0 aromatic rings. The van der Waals surface area contributed by atoms with Gasteiger partial charge in [-0.25, -0.2) is 0 Å². The van der Waals surface area contributed by atoms with Crippen molar-refractivity contribution in [2.24, 2.45) is 0 Å². The van der Waals surface area contributed by atoms with E-state index in [1.54, 1.807) is 0 Å². The summed E-state index contributed by atoms with van der Waals surface area (Å²) in [5, 5.41) is 12.0. The van der Waals surface area contributed by atoms with Gasteiger partial charge in [0.25, 0.3) is 0 Å². The molecule has 0 aliphatic carbocycles. The van der Waals surface area contributed by atoms with Crippen LogP contribution in [0.4, 0.5) is 0 Å². The van der Waals surface area contributed by atoms with Crippen molar-refractivity contribution in [3.05, 3.63) is 0 Å². The molecule has 2 N–H and O–H groups in total. The average molecular weight is 159 g/mol. The van der Waals surface area contributed by atoms with E-state index in [1.165, 1.54) is 0 Å². The third-order valence-electron chi connectivity index (χ3n) is 1.51. The molecule has 1 rings (SSSR count). The quantitative estimate of drug-likeness (QED) is 0.535. The van der Waals surface area contributed by atoms with Crippen LogP contribution in [0.3, 0.4) is 0 Å². The van der Waals surface area contributed by atoms with Gasteiger partial charge >= 0.3 is 0 Å². The number of aliphatic hydroxyl groups excluding tert-OH is 1. The van der Waals surface area contributed by atoms with Crippen molar-refractivity contribution in [1.29, 1.82) is 0 Å². The van der Waals surface area contributed by atoms with E-state index in [0.29, 0.717) is 12.8 Å². The Morgan fingerprint density at radius 3 is 2.73 bits per heavy atom. The van der Waals surface area contributed by atoms with E-state index in [9.17, 15) is 4.79 Å². The zero-order valence-corrected chi connectivity index (χ0v) is 7.26. The molecule has 0 radical (unpaired) electrons. The largest absolute Gasteiger partial charge is 0.385 e. The van der Waals surface area contributed by atoms with Gasteiger partial charge in [-0.1, -0.05) is 13.8 Å². The summed E-state index contributed by atoms with van der Waals surface area (Å²) < 4.78 is 0. The van der Waals surface area contributed by atoms with Crippen molar-refractivity contribution < 1.29 is 9.90 Å². The smallest absolute Gasteiger partial charge is 0.162 e. The minimum absolute atomic E-state index is 0.0278. The Hall–Kier alpha value is -0.410. The maximum Gasteiger partial charge on any atom is 0.162 e. The van der Waals surface area contributed by atoms with Gasteiger partial charge in [-0.05, 0) is 13.0 Å². The SMILES string of the molecule is CC.O=C1CCNCCC1O. The fourth-order valence-electron chi connectivity index (χ4n) is 0.903. The van der Waals surface area contributed by atoms with Crippen LogP contribution in [0.1, 0.15) is 26.7 Å². The fourth-order valence-corrected chi connectivity index (χ4v) is 0.903. The lowest BCUT2D eigenvalue weighted by Crippen LogP contribution is -2.18. The molecule has 0 spiro atoms. The molecule has 3 nitrogen and oxygen atoms in total. The number of ketones is 1. The van der Waals surface area contributed by atoms with Gasteiger partial charge in [-0.15, -0.1) is 0 Å². The van der Waals surface area contributed by atoms with Crippen LogP contribution in [0.5, 0.6) is 0 Å². The molecule has 1 aliphatic heterocycles. The first-order valence-corrected chi connectivity index (χ1v) is 4.22. The molecule has 0 aromatic heterocycles. The second kappa shape index (κ2) is 6.31. The standard InChI is InChI=1S/C6H11NO2.C2H6/c8-5-1-3-7-4-2-6(5)9;1-2/h5,7-8H,1-4H2;1-2H3. The average Bonchev–Trinajstić information content (AvgIpc) is 2.22. The number of hydrogen-bond acceptors (Lipinski definition) is 3. The monoisotopic (exact) mass is 159 g/mol. The molecule has 1 fully saturated rings. The van der Waals surface area contributed by atoms with Crippen molar-refractivity contribution in [3.63, 3.8) is 0 Å². The van der Waals surface area contributed by atoms with E-state index in [-0.39, 0.29) is 5.78 Å². The summed E-state index contributed by atoms with van der Waals surface area (Å²) in [5.41, 5.74) is 0. The van der Waals surface area contributed by atoms with Crippen molar-refractivity contribution in [2.75, 3.05) is 13.1 Å². The van der Waals surface area contributed by atoms with Crippen LogP contribution in [0.2, 0.25) is 0 Å². The maximum atomic E-state index is 10.7. The van der Waals surface area contributed by atoms with E-state index in [1.807, 2.05) is 13.8 Å². The summed E-state index contributed by atoms with van der Waals surface area (Å²) in [4.78, 5) is 10.7. The summed E-state index contributed by atoms with van der Waals surface area (Å²) in [6.07, 6.45) is 0.333. The molecule has 1 heterocycles. The predicted molar refractivity (Wildman–Crippen MR) is 44.5 cm³/mol. The predicted octanol–water partition coefficient (Wildman–Crippen LogP) is 0.326. The second-order valence-electron chi connectivity index (χ2n) is 2.27. The van der Waals surface area contributed by atoms with Gasteiger partial charge < -0.3 is 10.4 Å².